The fraction of sp³-hybridized carbons (Fsp3) is 0.636. The van der Waals surface area contributed by atoms with E-state index in [1.54, 1.807) is 0 Å². The number of carboxylic acid groups (broad SMARTS) is 1. The van der Waals surface area contributed by atoms with Crippen LogP contribution in [0.1, 0.15) is 26.7 Å². The van der Waals surface area contributed by atoms with Crippen molar-refractivity contribution in [2.45, 2.75) is 32.7 Å². The van der Waals surface area contributed by atoms with Crippen molar-refractivity contribution in [3.05, 3.63) is 12.7 Å². The van der Waals surface area contributed by atoms with Crippen LogP contribution in [0, 0.1) is 5.92 Å². The summed E-state index contributed by atoms with van der Waals surface area (Å²) in [7, 11) is 0. The summed E-state index contributed by atoms with van der Waals surface area (Å²) >= 11 is 0. The van der Waals surface area contributed by atoms with Crippen molar-refractivity contribution in [3.8, 4) is 0 Å². The second-order valence-electron chi connectivity index (χ2n) is 3.62. The summed E-state index contributed by atoms with van der Waals surface area (Å²) in [6, 6.07) is -0.403. The van der Waals surface area contributed by atoms with Crippen molar-refractivity contribution in [1.29, 1.82) is 0 Å². The van der Waals surface area contributed by atoms with Gasteiger partial charge in [-0.25, -0.2) is 4.79 Å². The topological polar surface area (TPSA) is 75.6 Å². The number of alkyl carbamates (subject to hydrolysis) is 1. The fourth-order valence-corrected chi connectivity index (χ4v) is 1.19. The number of nitrogens with one attached hydrogen (secondary N) is 1. The molecule has 2 N–H and O–H groups in total. The number of ether oxygens (including phenoxy) is 1. The van der Waals surface area contributed by atoms with Gasteiger partial charge in [-0.1, -0.05) is 32.9 Å². The van der Waals surface area contributed by atoms with Crippen LogP contribution in [0.2, 0.25) is 0 Å². The van der Waals surface area contributed by atoms with Crippen LogP contribution in [0.15, 0.2) is 12.7 Å². The summed E-state index contributed by atoms with van der Waals surface area (Å²) < 4.78 is 4.74. The van der Waals surface area contributed by atoms with Gasteiger partial charge in [0.2, 0.25) is 0 Å². The summed E-state index contributed by atoms with van der Waals surface area (Å²) in [6.45, 7) is 7.36. The van der Waals surface area contributed by atoms with Gasteiger partial charge in [0, 0.05) is 6.04 Å². The third-order valence-corrected chi connectivity index (χ3v) is 2.36. The molecule has 0 aliphatic rings. The Hall–Kier alpha value is -1.52. The van der Waals surface area contributed by atoms with E-state index in [0.717, 1.165) is 6.42 Å². The highest BCUT2D eigenvalue weighted by atomic mass is 16.5. The van der Waals surface area contributed by atoms with E-state index in [4.69, 9.17) is 9.84 Å². The minimum Gasteiger partial charge on any atom is -0.481 e. The lowest BCUT2D eigenvalue weighted by molar-refractivity contribution is -0.137. The molecule has 0 aliphatic heterocycles. The van der Waals surface area contributed by atoms with Crippen molar-refractivity contribution in [3.63, 3.8) is 0 Å². The minimum absolute atomic E-state index is 0.0902. The quantitative estimate of drug-likeness (QED) is 0.652. The molecular weight excluding hydrogens is 210 g/mol. The molecule has 0 spiro atoms. The molecular formula is C11H19NO4. The zero-order chi connectivity index (χ0) is 12.6. The van der Waals surface area contributed by atoms with Gasteiger partial charge in [-0.3, -0.25) is 4.79 Å². The number of hydrogen-bond acceptors (Lipinski definition) is 3. The lowest BCUT2D eigenvalue weighted by Crippen LogP contribution is -2.41. The number of amides is 1. The number of carboxylic acids is 1. The van der Waals surface area contributed by atoms with E-state index in [1.807, 2.05) is 13.8 Å². The number of aliphatic carboxylic acids is 1. The van der Waals surface area contributed by atoms with Gasteiger partial charge < -0.3 is 15.2 Å². The molecule has 0 aliphatic carbocycles. The summed E-state index contributed by atoms with van der Waals surface area (Å²) in [5.41, 5.74) is 0. The standard InChI is InChI=1S/C11H19NO4/c1-4-6-16-11(15)12-9(7-10(13)14)8(3)5-2/h4,8-9H,1,5-7H2,2-3H3,(H,12,15)(H,13,14)/t8-,9+/m0/s1. The highest BCUT2D eigenvalue weighted by Crippen LogP contribution is 2.11. The molecule has 0 unspecified atom stereocenters. The molecule has 0 rings (SSSR count). The van der Waals surface area contributed by atoms with E-state index >= 15 is 0 Å². The number of carbonyl (C=O) groups excluding carboxylic acids is 1. The maximum atomic E-state index is 11.2. The highest BCUT2D eigenvalue weighted by Gasteiger charge is 2.21. The van der Waals surface area contributed by atoms with Crippen LogP contribution in [-0.2, 0) is 9.53 Å². The molecule has 0 radical (unpaired) electrons. The maximum Gasteiger partial charge on any atom is 0.407 e. The van der Waals surface area contributed by atoms with E-state index < -0.39 is 18.1 Å². The van der Waals surface area contributed by atoms with Crippen molar-refractivity contribution in [1.82, 2.24) is 5.32 Å². The third kappa shape index (κ3) is 6.06. The van der Waals surface area contributed by atoms with E-state index in [2.05, 4.69) is 11.9 Å². The van der Waals surface area contributed by atoms with Crippen LogP contribution in [-0.4, -0.2) is 29.8 Å². The molecule has 0 aromatic rings. The molecule has 5 heteroatoms. The lowest BCUT2D eigenvalue weighted by atomic mass is 9.96. The third-order valence-electron chi connectivity index (χ3n) is 2.36. The Labute approximate surface area is 95.5 Å². The number of rotatable bonds is 7. The van der Waals surface area contributed by atoms with E-state index in [0.29, 0.717) is 0 Å². The summed E-state index contributed by atoms with van der Waals surface area (Å²) in [6.07, 6.45) is 1.54. The zero-order valence-corrected chi connectivity index (χ0v) is 9.73. The van der Waals surface area contributed by atoms with Crippen LogP contribution in [0.4, 0.5) is 4.79 Å². The molecule has 0 fully saturated rings. The van der Waals surface area contributed by atoms with Crippen LogP contribution in [0.5, 0.6) is 0 Å². The SMILES string of the molecule is C=CCOC(=O)N[C@H](CC(=O)O)[C@@H](C)CC. The van der Waals surface area contributed by atoms with Crippen LogP contribution in [0.3, 0.4) is 0 Å². The Kier molecular flexibility index (Phi) is 7.00. The number of hydrogen-bond donors (Lipinski definition) is 2. The Morgan fingerprint density at radius 1 is 1.56 bits per heavy atom. The van der Waals surface area contributed by atoms with Gasteiger partial charge in [-0.05, 0) is 5.92 Å². The zero-order valence-electron chi connectivity index (χ0n) is 9.73. The molecule has 0 aromatic heterocycles. The Balaban J connectivity index is 4.24. The summed E-state index contributed by atoms with van der Waals surface area (Å²) in [5, 5.41) is 11.3. The Bertz CT molecular complexity index is 252. The highest BCUT2D eigenvalue weighted by molar-refractivity contribution is 5.71. The van der Waals surface area contributed by atoms with Crippen LogP contribution >= 0.6 is 0 Å². The predicted molar refractivity (Wildman–Crippen MR) is 60.2 cm³/mol. The molecule has 2 atom stereocenters. The first kappa shape index (κ1) is 14.5. The van der Waals surface area contributed by atoms with Gasteiger partial charge in [0.15, 0.2) is 0 Å². The largest absolute Gasteiger partial charge is 0.481 e. The van der Waals surface area contributed by atoms with Crippen molar-refractivity contribution < 1.29 is 19.4 Å². The van der Waals surface area contributed by atoms with Gasteiger partial charge in [0.25, 0.3) is 0 Å². The second-order valence-corrected chi connectivity index (χ2v) is 3.62. The van der Waals surface area contributed by atoms with E-state index in [9.17, 15) is 9.59 Å². The van der Waals surface area contributed by atoms with Gasteiger partial charge in [-0.2, -0.15) is 0 Å². The van der Waals surface area contributed by atoms with Crippen molar-refractivity contribution in [2.75, 3.05) is 6.61 Å². The van der Waals surface area contributed by atoms with Crippen molar-refractivity contribution in [2.24, 2.45) is 5.92 Å². The molecule has 0 saturated heterocycles. The molecule has 0 heterocycles. The molecule has 0 bridgehead atoms. The van der Waals surface area contributed by atoms with Gasteiger partial charge >= 0.3 is 12.1 Å². The van der Waals surface area contributed by atoms with Gasteiger partial charge in [-0.15, -0.1) is 0 Å². The summed E-state index contributed by atoms with van der Waals surface area (Å²) in [5.74, 6) is -0.846. The van der Waals surface area contributed by atoms with Crippen LogP contribution < -0.4 is 5.32 Å². The van der Waals surface area contributed by atoms with E-state index in [1.165, 1.54) is 6.08 Å². The minimum atomic E-state index is -0.936. The molecule has 0 aromatic carbocycles. The lowest BCUT2D eigenvalue weighted by Gasteiger charge is -2.22. The molecule has 1 amide bonds. The Morgan fingerprint density at radius 3 is 2.62 bits per heavy atom. The Morgan fingerprint density at radius 2 is 2.19 bits per heavy atom. The average Bonchev–Trinajstić information content (AvgIpc) is 2.23. The molecule has 5 nitrogen and oxygen atoms in total. The van der Waals surface area contributed by atoms with Gasteiger partial charge in [0.1, 0.15) is 6.61 Å². The average molecular weight is 229 g/mol. The summed E-state index contributed by atoms with van der Waals surface area (Å²) in [4.78, 5) is 21.9. The van der Waals surface area contributed by atoms with Gasteiger partial charge in [0.05, 0.1) is 6.42 Å². The van der Waals surface area contributed by atoms with Crippen molar-refractivity contribution >= 4 is 12.1 Å². The first-order valence-electron chi connectivity index (χ1n) is 5.27. The smallest absolute Gasteiger partial charge is 0.407 e. The molecule has 0 saturated carbocycles. The maximum absolute atomic E-state index is 11.2. The normalized spacial score (nSPS) is 13.6. The van der Waals surface area contributed by atoms with E-state index in [-0.39, 0.29) is 18.9 Å². The first-order chi connectivity index (χ1) is 7.51. The second kappa shape index (κ2) is 7.73. The monoisotopic (exact) mass is 229 g/mol. The first-order valence-corrected chi connectivity index (χ1v) is 5.27. The predicted octanol–water partition coefficient (Wildman–Crippen LogP) is 1.79. The molecule has 16 heavy (non-hydrogen) atoms. The number of carbonyl (C=O) groups is 2. The fourth-order valence-electron chi connectivity index (χ4n) is 1.19. The molecule has 92 valence electrons. The van der Waals surface area contributed by atoms with Crippen LogP contribution in [0.25, 0.3) is 0 Å².